The summed E-state index contributed by atoms with van der Waals surface area (Å²) in [6.07, 6.45) is 0. The summed E-state index contributed by atoms with van der Waals surface area (Å²) in [4.78, 5) is 0. The number of benzene rings is 4. The summed E-state index contributed by atoms with van der Waals surface area (Å²) in [5.41, 5.74) is 6.13. The van der Waals surface area contributed by atoms with Crippen molar-refractivity contribution in [2.24, 2.45) is 0 Å². The number of phosphoric ester groups is 1. The predicted octanol–water partition coefficient (Wildman–Crippen LogP) is 7.62. The van der Waals surface area contributed by atoms with E-state index in [2.05, 4.69) is 62.4 Å². The van der Waals surface area contributed by atoms with Gasteiger partial charge in [-0.1, -0.05) is 98.8 Å². The fraction of sp³-hybridized carbons (Fsp3) is 0.111. The third kappa shape index (κ3) is 2.87. The van der Waals surface area contributed by atoms with Crippen LogP contribution >= 0.6 is 7.82 Å². The van der Waals surface area contributed by atoms with Crippen LogP contribution in [-0.4, -0.2) is 0 Å². The molecule has 4 aromatic carbocycles. The van der Waals surface area contributed by atoms with Gasteiger partial charge in [0.2, 0.25) is 5.75 Å². The Hall–Kier alpha value is -3.49. The van der Waals surface area contributed by atoms with Gasteiger partial charge in [-0.15, -0.1) is 0 Å². The second-order valence-electron chi connectivity index (χ2n) is 8.61. The Morgan fingerprint density at radius 1 is 0.656 bits per heavy atom. The van der Waals surface area contributed by atoms with Crippen molar-refractivity contribution < 1.29 is 18.1 Å². The van der Waals surface area contributed by atoms with E-state index in [1.807, 2.05) is 42.5 Å². The van der Waals surface area contributed by atoms with E-state index in [-0.39, 0.29) is 5.41 Å². The standard InChI is InChI=1S/C27H21O4P/c1-27(2,20-11-7-4-8-12-20)21-15-13-19(14-16-21)24-22(18-9-5-3-6-10-18)17-23-25-26(24)31-32(28,29-23)30-25/h3-17H,1-2H3. The Kier molecular flexibility index (Phi) is 4.05. The lowest BCUT2D eigenvalue weighted by molar-refractivity contribution is 0.354. The van der Waals surface area contributed by atoms with Crippen LogP contribution < -0.4 is 13.6 Å². The summed E-state index contributed by atoms with van der Waals surface area (Å²) in [6.45, 7) is 4.45. The monoisotopic (exact) mass is 440 g/mol. The van der Waals surface area contributed by atoms with E-state index >= 15 is 0 Å². The minimum absolute atomic E-state index is 0.136. The number of hydrogen-bond donors (Lipinski definition) is 0. The first-order valence-electron chi connectivity index (χ1n) is 10.6. The van der Waals surface area contributed by atoms with Gasteiger partial charge in [-0.25, -0.2) is 0 Å². The summed E-state index contributed by atoms with van der Waals surface area (Å²) in [7, 11) is -3.58. The van der Waals surface area contributed by atoms with Crippen molar-refractivity contribution in [3.05, 3.63) is 102 Å². The third-order valence-electron chi connectivity index (χ3n) is 6.29. The molecule has 0 amide bonds. The normalized spacial score (nSPS) is 18.1. The molecule has 0 saturated carbocycles. The molecular weight excluding hydrogens is 419 g/mol. The third-order valence-corrected chi connectivity index (χ3v) is 7.53. The number of hydrogen-bond acceptors (Lipinski definition) is 4. The predicted molar refractivity (Wildman–Crippen MR) is 125 cm³/mol. The summed E-state index contributed by atoms with van der Waals surface area (Å²) in [5, 5.41) is 0. The van der Waals surface area contributed by atoms with Crippen LogP contribution in [0.4, 0.5) is 0 Å². The minimum atomic E-state index is -3.58. The van der Waals surface area contributed by atoms with E-state index < -0.39 is 7.82 Å². The Bertz CT molecular complexity index is 1380. The first-order chi connectivity index (χ1) is 15.4. The smallest absolute Gasteiger partial charge is 0.382 e. The van der Waals surface area contributed by atoms with Crippen LogP contribution in [0.2, 0.25) is 0 Å². The zero-order chi connectivity index (χ0) is 21.9. The largest absolute Gasteiger partial charge is 0.647 e. The molecular formula is C27H21O4P. The quantitative estimate of drug-likeness (QED) is 0.306. The zero-order valence-corrected chi connectivity index (χ0v) is 18.6. The van der Waals surface area contributed by atoms with Gasteiger partial charge in [0.25, 0.3) is 0 Å². The molecule has 0 aliphatic carbocycles. The Labute approximate surface area is 187 Å². The fourth-order valence-electron chi connectivity index (χ4n) is 4.46. The second kappa shape index (κ2) is 6.75. The van der Waals surface area contributed by atoms with Crippen molar-refractivity contribution in [2.75, 3.05) is 0 Å². The van der Waals surface area contributed by atoms with Crippen molar-refractivity contribution in [1.29, 1.82) is 0 Å². The van der Waals surface area contributed by atoms with Crippen LogP contribution in [0.25, 0.3) is 22.3 Å². The van der Waals surface area contributed by atoms with Gasteiger partial charge in [0.1, 0.15) is 0 Å². The van der Waals surface area contributed by atoms with E-state index in [1.54, 1.807) is 0 Å². The highest BCUT2D eigenvalue weighted by atomic mass is 31.2. The molecule has 2 bridgehead atoms. The van der Waals surface area contributed by atoms with E-state index in [1.165, 1.54) is 11.1 Å². The van der Waals surface area contributed by atoms with Crippen LogP contribution in [0.5, 0.6) is 17.2 Å². The zero-order valence-electron chi connectivity index (χ0n) is 17.7. The average Bonchev–Trinajstić information content (AvgIpc) is 3.34. The van der Waals surface area contributed by atoms with Crippen molar-refractivity contribution in [3.63, 3.8) is 0 Å². The van der Waals surface area contributed by atoms with Crippen LogP contribution in [0, 0.1) is 0 Å². The van der Waals surface area contributed by atoms with Gasteiger partial charge in [0, 0.05) is 11.0 Å². The van der Waals surface area contributed by atoms with Gasteiger partial charge in [0.05, 0.1) is 0 Å². The molecule has 0 radical (unpaired) electrons. The molecule has 4 nitrogen and oxygen atoms in total. The molecule has 0 spiro atoms. The van der Waals surface area contributed by atoms with Crippen molar-refractivity contribution in [3.8, 4) is 39.5 Å². The highest BCUT2D eigenvalue weighted by molar-refractivity contribution is 7.50. The lowest BCUT2D eigenvalue weighted by atomic mass is 9.77. The lowest BCUT2D eigenvalue weighted by Gasteiger charge is -2.26. The molecule has 2 aliphatic rings. The van der Waals surface area contributed by atoms with Gasteiger partial charge in [0.15, 0.2) is 11.5 Å². The van der Waals surface area contributed by atoms with Gasteiger partial charge in [-0.3, -0.25) is 0 Å². The summed E-state index contributed by atoms with van der Waals surface area (Å²) in [5.74, 6) is 1.39. The average molecular weight is 440 g/mol. The van der Waals surface area contributed by atoms with Crippen molar-refractivity contribution in [1.82, 2.24) is 0 Å². The molecule has 1 atom stereocenters. The number of fused-ring (bicyclic) bond motifs is 1. The van der Waals surface area contributed by atoms with Gasteiger partial charge >= 0.3 is 7.82 Å². The highest BCUT2D eigenvalue weighted by Crippen LogP contribution is 2.71. The molecule has 0 N–H and O–H groups in total. The van der Waals surface area contributed by atoms with Gasteiger partial charge in [-0.2, -0.15) is 4.57 Å². The maximum Gasteiger partial charge on any atom is 0.647 e. The SMILES string of the molecule is CC(C)(c1ccccc1)c1ccc(-c2c(-c3ccccc3)cc3c4c2OP(=O)(O3)O4)cc1. The molecule has 1 unspecified atom stereocenters. The minimum Gasteiger partial charge on any atom is -0.382 e. The Morgan fingerprint density at radius 3 is 1.91 bits per heavy atom. The first kappa shape index (κ1) is 19.2. The molecule has 158 valence electrons. The maximum absolute atomic E-state index is 12.6. The van der Waals surface area contributed by atoms with Crippen LogP contribution in [-0.2, 0) is 9.98 Å². The van der Waals surface area contributed by atoms with Crippen LogP contribution in [0.15, 0.2) is 91.0 Å². The van der Waals surface area contributed by atoms with Gasteiger partial charge < -0.3 is 13.6 Å². The molecule has 2 aliphatic heterocycles. The summed E-state index contributed by atoms with van der Waals surface area (Å²) < 4.78 is 29.3. The van der Waals surface area contributed by atoms with E-state index in [0.29, 0.717) is 17.2 Å². The van der Waals surface area contributed by atoms with Crippen LogP contribution in [0.3, 0.4) is 0 Å². The molecule has 4 aromatic rings. The van der Waals surface area contributed by atoms with Crippen molar-refractivity contribution >= 4 is 7.82 Å². The lowest BCUT2D eigenvalue weighted by Crippen LogP contribution is -2.18. The topological polar surface area (TPSA) is 44.8 Å². The number of rotatable bonds is 4. The van der Waals surface area contributed by atoms with Crippen LogP contribution in [0.1, 0.15) is 25.0 Å². The highest BCUT2D eigenvalue weighted by Gasteiger charge is 2.51. The molecule has 0 aromatic heterocycles. The van der Waals surface area contributed by atoms with E-state index in [0.717, 1.165) is 22.3 Å². The second-order valence-corrected chi connectivity index (χ2v) is 10.1. The van der Waals surface area contributed by atoms with E-state index in [4.69, 9.17) is 13.6 Å². The first-order valence-corrected chi connectivity index (χ1v) is 12.0. The molecule has 5 heteroatoms. The van der Waals surface area contributed by atoms with Gasteiger partial charge in [-0.05, 0) is 33.9 Å². The summed E-state index contributed by atoms with van der Waals surface area (Å²) in [6, 6.07) is 30.9. The van der Waals surface area contributed by atoms with Crippen molar-refractivity contribution in [2.45, 2.75) is 19.3 Å². The fourth-order valence-corrected chi connectivity index (χ4v) is 5.75. The molecule has 6 rings (SSSR count). The summed E-state index contributed by atoms with van der Waals surface area (Å²) >= 11 is 0. The molecule has 32 heavy (non-hydrogen) atoms. The maximum atomic E-state index is 12.6. The molecule has 0 saturated heterocycles. The van der Waals surface area contributed by atoms with E-state index in [9.17, 15) is 4.57 Å². The number of phosphoric acid groups is 1. The Morgan fingerprint density at radius 2 is 1.25 bits per heavy atom. The molecule has 0 fully saturated rings. The molecule has 2 heterocycles. The Balaban J connectivity index is 1.50.